The van der Waals surface area contributed by atoms with Gasteiger partial charge in [-0.15, -0.1) is 0 Å². The van der Waals surface area contributed by atoms with Crippen LogP contribution in [0.15, 0.2) is 23.0 Å². The second-order valence-corrected chi connectivity index (χ2v) is 9.70. The summed E-state index contributed by atoms with van der Waals surface area (Å²) < 4.78 is 0.110. The highest BCUT2D eigenvalue weighted by Crippen LogP contribution is 2.35. The first kappa shape index (κ1) is 20.7. The largest absolute Gasteiger partial charge is 0.348 e. The summed E-state index contributed by atoms with van der Waals surface area (Å²) in [6, 6.07) is 5.38. The molecule has 0 radical (unpaired) electrons. The Morgan fingerprint density at radius 2 is 2.04 bits per heavy atom. The molecule has 6 nitrogen and oxygen atoms in total. The van der Waals surface area contributed by atoms with Gasteiger partial charge in [-0.25, -0.2) is 0 Å². The minimum atomic E-state index is -1.75. The molecule has 3 atom stereocenters. The second kappa shape index (κ2) is 8.15. The van der Waals surface area contributed by atoms with Crippen molar-refractivity contribution in [1.29, 1.82) is 0 Å². The number of rotatable bonds is 3. The molecule has 1 saturated heterocycles. The summed E-state index contributed by atoms with van der Waals surface area (Å²) in [6.07, 6.45) is 0.354. The Bertz CT molecular complexity index is 795. The lowest BCUT2D eigenvalue weighted by atomic mass is 9.83. The number of aromatic nitrogens is 1. The fourth-order valence-corrected chi connectivity index (χ4v) is 4.33. The lowest BCUT2D eigenvalue weighted by Gasteiger charge is -2.44. The number of carbonyl (C=O) groups is 1. The van der Waals surface area contributed by atoms with Gasteiger partial charge in [0.2, 0.25) is 9.70 Å². The molecule has 1 unspecified atom stereocenters. The molecule has 2 bridgehead atoms. The predicted octanol–water partition coefficient (Wildman–Crippen LogP) is 2.36. The van der Waals surface area contributed by atoms with E-state index in [1.807, 2.05) is 15.5 Å². The second-order valence-electron chi connectivity index (χ2n) is 6.95. The molecule has 1 aromatic heterocycles. The zero-order chi connectivity index (χ0) is 19.8. The van der Waals surface area contributed by atoms with Crippen LogP contribution < -0.4 is 16.2 Å². The molecule has 2 N–H and O–H groups in total. The number of fused-ring (bicyclic) bond motifs is 4. The number of likely N-dealkylation sites (tertiary alicyclic amines) is 1. The first-order chi connectivity index (χ1) is 12.7. The van der Waals surface area contributed by atoms with E-state index in [2.05, 4.69) is 10.6 Å². The summed E-state index contributed by atoms with van der Waals surface area (Å²) in [4.78, 5) is 25.9. The van der Waals surface area contributed by atoms with E-state index in [9.17, 15) is 9.59 Å². The highest BCUT2D eigenvalue weighted by Gasteiger charge is 2.38. The molecule has 27 heavy (non-hydrogen) atoms. The van der Waals surface area contributed by atoms with Crippen molar-refractivity contribution < 1.29 is 4.79 Å². The molecular weight excluding hydrogens is 431 g/mol. The van der Waals surface area contributed by atoms with Crippen LogP contribution in [-0.4, -0.2) is 43.5 Å². The number of alkyl halides is 3. The Kier molecular flexibility index (Phi) is 6.25. The topological polar surface area (TPSA) is 66.4 Å². The number of pyridine rings is 1. The van der Waals surface area contributed by atoms with Gasteiger partial charge in [-0.05, 0) is 30.6 Å². The van der Waals surface area contributed by atoms with Crippen LogP contribution in [0.1, 0.15) is 31.4 Å². The predicted molar refractivity (Wildman–Crippen MR) is 111 cm³/mol. The van der Waals surface area contributed by atoms with Gasteiger partial charge in [-0.2, -0.15) is 0 Å². The lowest BCUT2D eigenvalue weighted by molar-refractivity contribution is -0.121. The number of piperidine rings is 1. The summed E-state index contributed by atoms with van der Waals surface area (Å²) in [5, 5.41) is 6.04. The van der Waals surface area contributed by atoms with Crippen molar-refractivity contribution >= 4 is 58.0 Å². The first-order valence-corrected chi connectivity index (χ1v) is 10.3. The average Bonchev–Trinajstić information content (AvgIpc) is 2.61. The van der Waals surface area contributed by atoms with Gasteiger partial charge in [-0.1, -0.05) is 47.8 Å². The Hall–Kier alpha value is -1.02. The van der Waals surface area contributed by atoms with Crippen LogP contribution in [0.3, 0.4) is 0 Å². The summed E-state index contributed by atoms with van der Waals surface area (Å²) in [7, 11) is 0. The van der Waals surface area contributed by atoms with E-state index < -0.39 is 9.96 Å². The van der Waals surface area contributed by atoms with E-state index in [0.29, 0.717) is 30.7 Å². The van der Waals surface area contributed by atoms with Crippen molar-refractivity contribution in [1.82, 2.24) is 20.1 Å². The zero-order valence-electron chi connectivity index (χ0n) is 14.8. The highest BCUT2D eigenvalue weighted by atomic mass is 35.6. The van der Waals surface area contributed by atoms with Gasteiger partial charge < -0.3 is 20.1 Å². The number of hydrogen-bond acceptors (Lipinski definition) is 3. The van der Waals surface area contributed by atoms with E-state index in [-0.39, 0.29) is 23.8 Å². The van der Waals surface area contributed by atoms with E-state index >= 15 is 0 Å². The lowest BCUT2D eigenvalue weighted by Crippen LogP contribution is -2.60. The molecule has 0 spiro atoms. The van der Waals surface area contributed by atoms with Crippen LogP contribution in [0.5, 0.6) is 0 Å². The molecule has 10 heteroatoms. The number of thiocarbonyl (C=S) groups is 1. The van der Waals surface area contributed by atoms with Gasteiger partial charge in [-0.3, -0.25) is 9.59 Å². The maximum atomic E-state index is 12.1. The van der Waals surface area contributed by atoms with Gasteiger partial charge in [0.15, 0.2) is 5.11 Å². The van der Waals surface area contributed by atoms with E-state index in [0.717, 1.165) is 12.1 Å². The van der Waals surface area contributed by atoms with Crippen molar-refractivity contribution in [3.8, 4) is 0 Å². The monoisotopic (exact) mass is 450 g/mol. The van der Waals surface area contributed by atoms with Crippen LogP contribution in [0.25, 0.3) is 0 Å². The van der Waals surface area contributed by atoms with Crippen molar-refractivity contribution in [2.45, 2.75) is 42.2 Å². The number of amides is 1. The number of nitrogens with zero attached hydrogens (tertiary/aromatic N) is 2. The quantitative estimate of drug-likeness (QED) is 0.420. The van der Waals surface area contributed by atoms with E-state index in [1.165, 1.54) is 0 Å². The Morgan fingerprint density at radius 1 is 1.30 bits per heavy atom. The van der Waals surface area contributed by atoms with Gasteiger partial charge >= 0.3 is 0 Å². The molecule has 0 saturated carbocycles. The molecular formula is C17H21Cl3N4O2S. The maximum Gasteiger partial charge on any atom is 0.250 e. The van der Waals surface area contributed by atoms with Crippen LogP contribution in [-0.2, 0) is 11.3 Å². The van der Waals surface area contributed by atoms with Crippen molar-refractivity contribution in [3.05, 3.63) is 34.2 Å². The third-order valence-electron chi connectivity index (χ3n) is 4.99. The third kappa shape index (κ3) is 4.70. The van der Waals surface area contributed by atoms with Gasteiger partial charge in [0.25, 0.3) is 5.56 Å². The highest BCUT2D eigenvalue weighted by molar-refractivity contribution is 7.80. The minimum Gasteiger partial charge on any atom is -0.348 e. The minimum absolute atomic E-state index is 0.0369. The Labute approximate surface area is 178 Å². The molecule has 3 rings (SSSR count). The van der Waals surface area contributed by atoms with E-state index in [1.54, 1.807) is 19.1 Å². The number of hydrogen-bond donors (Lipinski definition) is 2. The summed E-state index contributed by atoms with van der Waals surface area (Å²) >= 11 is 23.5. The number of carbonyl (C=O) groups excluding carboxylic acids is 1. The standard InChI is InChI=1S/C17H21Cl3N4O2S/c1-2-13(25)21-15(17(18,19)20)22-16(27)23-7-10-6-11(9-23)12-4-3-5-14(26)24(12)8-10/h3-5,10-11,15H,2,6-9H2,1H3,(H,21,25)(H,22,27)/t10-,11-,15?/m0/s1. The Morgan fingerprint density at radius 3 is 2.70 bits per heavy atom. The SMILES string of the molecule is CCC(=O)NC(NC(=S)N1C[C@@H]2C[C@@H](C1)c1cccc(=O)n1C2)C(Cl)(Cl)Cl. The molecule has 148 valence electrons. The van der Waals surface area contributed by atoms with Gasteiger partial charge in [0.1, 0.15) is 6.17 Å². The molecule has 0 aromatic carbocycles. The molecule has 1 fully saturated rings. The zero-order valence-corrected chi connectivity index (χ0v) is 17.8. The van der Waals surface area contributed by atoms with Gasteiger partial charge in [0, 0.05) is 43.7 Å². The smallest absolute Gasteiger partial charge is 0.250 e. The number of halogens is 3. The third-order valence-corrected chi connectivity index (χ3v) is 6.02. The first-order valence-electron chi connectivity index (χ1n) is 8.80. The Balaban J connectivity index is 1.73. The molecule has 2 aliphatic rings. The molecule has 1 aromatic rings. The summed E-state index contributed by atoms with van der Waals surface area (Å²) in [5.74, 6) is 0.278. The fraction of sp³-hybridized carbons (Fsp3) is 0.588. The molecule has 0 aliphatic carbocycles. The van der Waals surface area contributed by atoms with Crippen LogP contribution >= 0.6 is 47.0 Å². The van der Waals surface area contributed by atoms with Crippen LogP contribution in [0, 0.1) is 5.92 Å². The van der Waals surface area contributed by atoms with Crippen molar-refractivity contribution in [3.63, 3.8) is 0 Å². The summed E-state index contributed by atoms with van der Waals surface area (Å²) in [6.45, 7) is 3.76. The maximum absolute atomic E-state index is 12.1. The van der Waals surface area contributed by atoms with Gasteiger partial charge in [0.05, 0.1) is 0 Å². The normalized spacial score (nSPS) is 22.6. The van der Waals surface area contributed by atoms with E-state index in [4.69, 9.17) is 47.0 Å². The molecule has 1 amide bonds. The van der Waals surface area contributed by atoms with Crippen LogP contribution in [0.4, 0.5) is 0 Å². The van der Waals surface area contributed by atoms with Crippen molar-refractivity contribution in [2.24, 2.45) is 5.92 Å². The van der Waals surface area contributed by atoms with Crippen LogP contribution in [0.2, 0.25) is 0 Å². The average molecular weight is 452 g/mol. The molecule has 3 heterocycles. The molecule has 2 aliphatic heterocycles. The number of nitrogens with one attached hydrogen (secondary N) is 2. The van der Waals surface area contributed by atoms with Crippen molar-refractivity contribution in [2.75, 3.05) is 13.1 Å². The fourth-order valence-electron chi connectivity index (χ4n) is 3.74. The summed E-state index contributed by atoms with van der Waals surface area (Å²) in [5.41, 5.74) is 1.07.